The minimum Gasteiger partial charge on any atom is -0.396 e. The summed E-state index contributed by atoms with van der Waals surface area (Å²) in [6.45, 7) is 6.12. The van der Waals surface area contributed by atoms with Crippen molar-refractivity contribution < 1.29 is 15.0 Å². The number of hydrogen-bond acceptors (Lipinski definition) is 3. The van der Waals surface area contributed by atoms with Crippen LogP contribution in [-0.2, 0) is 4.79 Å². The Bertz CT molecular complexity index is 138. The zero-order chi connectivity index (χ0) is 8.20. The molecule has 3 nitrogen and oxygen atoms in total. The maximum atomic E-state index is 10.7. The topological polar surface area (TPSA) is 57.5 Å². The molecule has 0 saturated heterocycles. The predicted octanol–water partition coefficient (Wildman–Crippen LogP) is -0.311. The molecule has 0 saturated carbocycles. The minimum absolute atomic E-state index is 0.0577. The van der Waals surface area contributed by atoms with Gasteiger partial charge in [0.1, 0.15) is 5.60 Å². The van der Waals surface area contributed by atoms with E-state index in [-0.39, 0.29) is 13.0 Å². The average Bonchev–Trinajstić information content (AvgIpc) is 1.86. The highest BCUT2D eigenvalue weighted by atomic mass is 16.3. The van der Waals surface area contributed by atoms with Gasteiger partial charge in [-0.25, -0.2) is 0 Å². The van der Waals surface area contributed by atoms with E-state index in [1.165, 1.54) is 0 Å². The van der Waals surface area contributed by atoms with Gasteiger partial charge >= 0.3 is 0 Å². The first-order valence-electron chi connectivity index (χ1n) is 2.90. The fraction of sp³-hybridized carbons (Fsp3) is 0.429. The molecule has 0 rings (SSSR count). The SMILES string of the molecule is [CH2]C(O)(CCO)C(=O)C=C. The van der Waals surface area contributed by atoms with Gasteiger partial charge in [-0.15, -0.1) is 0 Å². The number of aliphatic hydroxyl groups excluding tert-OH is 1. The van der Waals surface area contributed by atoms with E-state index in [1.54, 1.807) is 0 Å². The van der Waals surface area contributed by atoms with Crippen LogP contribution in [-0.4, -0.2) is 28.2 Å². The van der Waals surface area contributed by atoms with Gasteiger partial charge in [0.25, 0.3) is 0 Å². The molecule has 0 aliphatic carbocycles. The van der Waals surface area contributed by atoms with E-state index in [4.69, 9.17) is 10.2 Å². The van der Waals surface area contributed by atoms with Crippen LogP contribution in [0.3, 0.4) is 0 Å². The van der Waals surface area contributed by atoms with Crippen LogP contribution in [0, 0.1) is 6.92 Å². The summed E-state index contributed by atoms with van der Waals surface area (Å²) < 4.78 is 0. The Hall–Kier alpha value is -0.670. The molecule has 10 heavy (non-hydrogen) atoms. The molecule has 1 unspecified atom stereocenters. The fourth-order valence-electron chi connectivity index (χ4n) is 0.498. The van der Waals surface area contributed by atoms with E-state index in [0.717, 1.165) is 6.08 Å². The quantitative estimate of drug-likeness (QED) is 0.531. The van der Waals surface area contributed by atoms with Crippen LogP contribution in [0.5, 0.6) is 0 Å². The Morgan fingerprint density at radius 3 is 2.50 bits per heavy atom. The Balaban J connectivity index is 4.08. The standard InChI is InChI=1S/C7H11O3/c1-3-6(9)7(2,10)4-5-8/h3,8,10H,1-2,4-5H2. The number of ketones is 1. The van der Waals surface area contributed by atoms with Gasteiger partial charge in [-0.2, -0.15) is 0 Å². The first-order chi connectivity index (χ1) is 4.54. The van der Waals surface area contributed by atoms with Crippen LogP contribution in [0.15, 0.2) is 12.7 Å². The first-order valence-corrected chi connectivity index (χ1v) is 2.90. The van der Waals surface area contributed by atoms with E-state index in [1.807, 2.05) is 0 Å². The Kier molecular flexibility index (Phi) is 3.25. The third-order valence-electron chi connectivity index (χ3n) is 1.17. The van der Waals surface area contributed by atoms with Crippen molar-refractivity contribution in [3.05, 3.63) is 19.6 Å². The van der Waals surface area contributed by atoms with E-state index >= 15 is 0 Å². The lowest BCUT2D eigenvalue weighted by atomic mass is 9.97. The Morgan fingerprint density at radius 1 is 1.70 bits per heavy atom. The van der Waals surface area contributed by atoms with Crippen LogP contribution >= 0.6 is 0 Å². The smallest absolute Gasteiger partial charge is 0.186 e. The summed E-state index contributed by atoms with van der Waals surface area (Å²) in [5.74, 6) is -0.568. The monoisotopic (exact) mass is 143 g/mol. The number of aliphatic hydroxyl groups is 2. The molecule has 57 valence electrons. The summed E-state index contributed by atoms with van der Waals surface area (Å²) in [6, 6.07) is 0. The lowest BCUT2D eigenvalue weighted by molar-refractivity contribution is -0.129. The summed E-state index contributed by atoms with van der Waals surface area (Å²) >= 11 is 0. The molecule has 0 aromatic rings. The highest BCUT2D eigenvalue weighted by Crippen LogP contribution is 2.09. The molecule has 0 heterocycles. The predicted molar refractivity (Wildman–Crippen MR) is 37.2 cm³/mol. The average molecular weight is 143 g/mol. The van der Waals surface area contributed by atoms with Crippen molar-refractivity contribution in [1.82, 2.24) is 0 Å². The molecule has 3 heteroatoms. The van der Waals surface area contributed by atoms with Gasteiger partial charge in [0.05, 0.1) is 0 Å². The highest BCUT2D eigenvalue weighted by molar-refractivity contribution is 5.96. The van der Waals surface area contributed by atoms with Gasteiger partial charge in [-0.3, -0.25) is 4.79 Å². The summed E-state index contributed by atoms with van der Waals surface area (Å²) in [5, 5.41) is 17.5. The van der Waals surface area contributed by atoms with Crippen LogP contribution < -0.4 is 0 Å². The van der Waals surface area contributed by atoms with Crippen molar-refractivity contribution in [3.63, 3.8) is 0 Å². The number of hydrogen-bond donors (Lipinski definition) is 2. The Morgan fingerprint density at radius 2 is 2.20 bits per heavy atom. The van der Waals surface area contributed by atoms with E-state index in [9.17, 15) is 4.79 Å². The first kappa shape index (κ1) is 9.33. The molecule has 1 radical (unpaired) electrons. The second-order valence-electron chi connectivity index (χ2n) is 2.07. The molecule has 2 N–H and O–H groups in total. The second-order valence-corrected chi connectivity index (χ2v) is 2.07. The molecule has 0 amide bonds. The van der Waals surface area contributed by atoms with Gasteiger partial charge in [-0.05, 0) is 13.0 Å². The zero-order valence-corrected chi connectivity index (χ0v) is 5.71. The fourth-order valence-corrected chi connectivity index (χ4v) is 0.498. The van der Waals surface area contributed by atoms with Gasteiger partial charge in [0.15, 0.2) is 5.78 Å². The zero-order valence-electron chi connectivity index (χ0n) is 5.71. The van der Waals surface area contributed by atoms with Gasteiger partial charge in [0, 0.05) is 13.0 Å². The summed E-state index contributed by atoms with van der Waals surface area (Å²) in [4.78, 5) is 10.7. The normalized spacial score (nSPS) is 15.9. The van der Waals surface area contributed by atoms with Crippen molar-refractivity contribution in [2.24, 2.45) is 0 Å². The molecular formula is C7H11O3. The Labute approximate surface area is 60.0 Å². The molecule has 0 aliphatic rings. The molecule has 0 bridgehead atoms. The maximum Gasteiger partial charge on any atom is 0.186 e. The van der Waals surface area contributed by atoms with Crippen LogP contribution in [0.4, 0.5) is 0 Å². The maximum absolute atomic E-state index is 10.7. The molecule has 1 atom stereocenters. The summed E-state index contributed by atoms with van der Waals surface area (Å²) in [6.07, 6.45) is 0.931. The molecule has 0 aliphatic heterocycles. The van der Waals surface area contributed by atoms with E-state index in [2.05, 4.69) is 13.5 Å². The van der Waals surface area contributed by atoms with Crippen molar-refractivity contribution in [3.8, 4) is 0 Å². The van der Waals surface area contributed by atoms with Gasteiger partial charge < -0.3 is 10.2 Å². The van der Waals surface area contributed by atoms with Crippen molar-refractivity contribution in [1.29, 1.82) is 0 Å². The van der Waals surface area contributed by atoms with Crippen molar-refractivity contribution in [2.75, 3.05) is 6.61 Å². The van der Waals surface area contributed by atoms with Crippen LogP contribution in [0.2, 0.25) is 0 Å². The molecule has 0 aromatic carbocycles. The van der Waals surface area contributed by atoms with Crippen LogP contribution in [0.25, 0.3) is 0 Å². The second kappa shape index (κ2) is 3.49. The molecular weight excluding hydrogens is 132 g/mol. The lowest BCUT2D eigenvalue weighted by Crippen LogP contribution is -2.34. The molecule has 0 fully saturated rings. The third kappa shape index (κ3) is 2.29. The van der Waals surface area contributed by atoms with Crippen LogP contribution in [0.1, 0.15) is 6.42 Å². The number of rotatable bonds is 4. The third-order valence-corrected chi connectivity index (χ3v) is 1.17. The summed E-state index contributed by atoms with van der Waals surface area (Å²) in [5.41, 5.74) is -1.70. The van der Waals surface area contributed by atoms with Crippen molar-refractivity contribution in [2.45, 2.75) is 12.0 Å². The lowest BCUT2D eigenvalue weighted by Gasteiger charge is -2.17. The highest BCUT2D eigenvalue weighted by Gasteiger charge is 2.26. The minimum atomic E-state index is -1.70. The van der Waals surface area contributed by atoms with E-state index < -0.39 is 11.4 Å². The molecule has 0 spiro atoms. The van der Waals surface area contributed by atoms with E-state index in [0.29, 0.717) is 0 Å². The largest absolute Gasteiger partial charge is 0.396 e. The molecule has 0 aromatic heterocycles. The van der Waals surface area contributed by atoms with Gasteiger partial charge in [-0.1, -0.05) is 6.58 Å². The van der Waals surface area contributed by atoms with Crippen molar-refractivity contribution >= 4 is 5.78 Å². The van der Waals surface area contributed by atoms with Gasteiger partial charge in [0.2, 0.25) is 0 Å². The summed E-state index contributed by atoms with van der Waals surface area (Å²) in [7, 11) is 0. The number of carbonyl (C=O) groups excluding carboxylic acids is 1. The number of carbonyl (C=O) groups is 1.